The van der Waals surface area contributed by atoms with Crippen LogP contribution in [0.1, 0.15) is 19.4 Å². The van der Waals surface area contributed by atoms with Crippen LogP contribution in [0.5, 0.6) is 5.75 Å². The summed E-state index contributed by atoms with van der Waals surface area (Å²) in [6.45, 7) is 4.88. The molecule has 0 bridgehead atoms. The number of aromatic amines is 1. The molecule has 2 heterocycles. The molecule has 4 aromatic rings. The van der Waals surface area contributed by atoms with Crippen LogP contribution in [0.25, 0.3) is 33.1 Å². The number of sulfone groups is 1. The van der Waals surface area contributed by atoms with Crippen LogP contribution in [0, 0.1) is 6.92 Å². The van der Waals surface area contributed by atoms with E-state index in [2.05, 4.69) is 14.5 Å². The SMILES string of the molecule is CCS(=O)(=O)c1cccc(-c2ccc(OC(C)COP(=O)(O)O)c3[nH]c4ncc(C)cc4c23)c1. The van der Waals surface area contributed by atoms with Gasteiger partial charge in [-0.1, -0.05) is 19.1 Å². The second-order valence-electron chi connectivity index (χ2n) is 8.04. The minimum atomic E-state index is -4.62. The number of nitrogens with one attached hydrogen (secondary N) is 1. The molecule has 34 heavy (non-hydrogen) atoms. The molecule has 3 N–H and O–H groups in total. The normalized spacial score (nSPS) is 13.4. The maximum absolute atomic E-state index is 12.5. The predicted octanol–water partition coefficient (Wildman–Crippen LogP) is 4.36. The predicted molar refractivity (Wildman–Crippen MR) is 130 cm³/mol. The maximum Gasteiger partial charge on any atom is 0.469 e. The number of phosphoric acid groups is 1. The standard InChI is InChI=1S/C23H25N2O7PS/c1-4-34(29,30)17-7-5-6-16(11-17)18-8-9-20(32-15(3)13-31-33(26,27)28)22-21(18)19-10-14(2)12-24-23(19)25-22/h5-12,15H,4,13H2,1-3H3,(H,24,25)(H2,26,27,28). The van der Waals surface area contributed by atoms with Crippen LogP contribution < -0.4 is 4.74 Å². The van der Waals surface area contributed by atoms with Gasteiger partial charge in [-0.3, -0.25) is 4.52 Å². The number of aryl methyl sites for hydroxylation is 1. The summed E-state index contributed by atoms with van der Waals surface area (Å²) in [5, 5.41) is 1.65. The van der Waals surface area contributed by atoms with E-state index in [1.54, 1.807) is 44.3 Å². The van der Waals surface area contributed by atoms with Crippen molar-refractivity contribution in [2.75, 3.05) is 12.4 Å². The molecule has 4 rings (SSSR count). The second-order valence-corrected chi connectivity index (χ2v) is 11.6. The number of fused-ring (bicyclic) bond motifs is 3. The molecule has 0 aliphatic heterocycles. The third kappa shape index (κ3) is 5.01. The Labute approximate surface area is 196 Å². The van der Waals surface area contributed by atoms with Crippen LogP contribution in [0.4, 0.5) is 0 Å². The number of nitrogens with zero attached hydrogens (tertiary/aromatic N) is 1. The third-order valence-electron chi connectivity index (χ3n) is 5.39. The number of hydrogen-bond acceptors (Lipinski definition) is 6. The lowest BCUT2D eigenvalue weighted by atomic mass is 9.99. The molecule has 0 saturated heterocycles. The van der Waals surface area contributed by atoms with Crippen LogP contribution in [0.15, 0.2) is 53.6 Å². The highest BCUT2D eigenvalue weighted by molar-refractivity contribution is 7.91. The summed E-state index contributed by atoms with van der Waals surface area (Å²) in [4.78, 5) is 25.9. The van der Waals surface area contributed by atoms with E-state index in [9.17, 15) is 13.0 Å². The summed E-state index contributed by atoms with van der Waals surface area (Å²) >= 11 is 0. The first-order valence-corrected chi connectivity index (χ1v) is 13.8. The molecule has 180 valence electrons. The van der Waals surface area contributed by atoms with Gasteiger partial charge in [-0.15, -0.1) is 0 Å². The Morgan fingerprint density at radius 3 is 2.65 bits per heavy atom. The van der Waals surface area contributed by atoms with Crippen LogP contribution >= 0.6 is 7.82 Å². The summed E-state index contributed by atoms with van der Waals surface area (Å²) in [7, 11) is -8.00. The largest absolute Gasteiger partial charge is 0.486 e. The van der Waals surface area contributed by atoms with E-state index in [-0.39, 0.29) is 17.3 Å². The number of benzene rings is 2. The van der Waals surface area contributed by atoms with Gasteiger partial charge in [0.2, 0.25) is 0 Å². The summed E-state index contributed by atoms with van der Waals surface area (Å²) in [5.41, 5.74) is 3.75. The number of rotatable bonds is 8. The first-order chi connectivity index (χ1) is 16.0. The lowest BCUT2D eigenvalue weighted by molar-refractivity contribution is 0.113. The highest BCUT2D eigenvalue weighted by Gasteiger charge is 2.21. The minimum absolute atomic E-state index is 0.00339. The molecule has 2 aromatic carbocycles. The molecule has 0 amide bonds. The number of aromatic nitrogens is 2. The molecule has 11 heteroatoms. The summed E-state index contributed by atoms with van der Waals surface area (Å²) < 4.78 is 46.5. The molecule has 9 nitrogen and oxygen atoms in total. The summed E-state index contributed by atoms with van der Waals surface area (Å²) in [6, 6.07) is 12.4. The van der Waals surface area contributed by atoms with Gasteiger partial charge in [-0.05, 0) is 60.9 Å². The molecule has 2 aromatic heterocycles. The van der Waals surface area contributed by atoms with Gasteiger partial charge >= 0.3 is 7.82 Å². The Bertz CT molecular complexity index is 1530. The number of H-pyrrole nitrogens is 1. The fourth-order valence-corrected chi connectivity index (χ4v) is 5.11. The van der Waals surface area contributed by atoms with Crippen molar-refractivity contribution in [2.24, 2.45) is 0 Å². The molecule has 0 radical (unpaired) electrons. The first kappa shape index (κ1) is 24.4. The van der Waals surface area contributed by atoms with E-state index in [4.69, 9.17) is 14.5 Å². The number of pyridine rings is 1. The molecule has 0 spiro atoms. The molecular formula is C23H25N2O7PS. The van der Waals surface area contributed by atoms with Gasteiger partial charge in [0.15, 0.2) is 9.84 Å². The van der Waals surface area contributed by atoms with Gasteiger partial charge in [0, 0.05) is 17.0 Å². The Kier molecular flexibility index (Phi) is 6.54. The Hall–Kier alpha value is -2.75. The average molecular weight is 505 g/mol. The Balaban J connectivity index is 1.87. The van der Waals surface area contributed by atoms with Crippen LogP contribution in [-0.2, 0) is 18.9 Å². The Morgan fingerprint density at radius 2 is 1.94 bits per heavy atom. The third-order valence-corrected chi connectivity index (χ3v) is 7.61. The van der Waals surface area contributed by atoms with Gasteiger partial charge in [-0.2, -0.15) is 0 Å². The summed E-state index contributed by atoms with van der Waals surface area (Å²) in [6.07, 6.45) is 1.09. The van der Waals surface area contributed by atoms with E-state index >= 15 is 0 Å². The fourth-order valence-electron chi connectivity index (χ4n) is 3.78. The number of phosphoric ester groups is 1. The lowest BCUT2D eigenvalue weighted by Gasteiger charge is -2.17. The molecule has 0 fully saturated rings. The van der Waals surface area contributed by atoms with Crippen molar-refractivity contribution in [3.05, 3.63) is 54.2 Å². The van der Waals surface area contributed by atoms with Gasteiger partial charge in [0.25, 0.3) is 0 Å². The topological polar surface area (TPSA) is 139 Å². The van der Waals surface area contributed by atoms with Crippen LogP contribution in [-0.4, -0.2) is 46.6 Å². The van der Waals surface area contributed by atoms with Crippen molar-refractivity contribution in [2.45, 2.75) is 31.8 Å². The van der Waals surface area contributed by atoms with Crippen molar-refractivity contribution >= 4 is 39.6 Å². The van der Waals surface area contributed by atoms with Gasteiger partial charge in [0.05, 0.1) is 22.8 Å². The minimum Gasteiger partial charge on any atom is -0.486 e. The maximum atomic E-state index is 12.5. The smallest absolute Gasteiger partial charge is 0.469 e. The van der Waals surface area contributed by atoms with Crippen molar-refractivity contribution < 1.29 is 32.0 Å². The van der Waals surface area contributed by atoms with Gasteiger partial charge in [0.1, 0.15) is 17.5 Å². The van der Waals surface area contributed by atoms with Crippen molar-refractivity contribution in [3.8, 4) is 16.9 Å². The highest BCUT2D eigenvalue weighted by atomic mass is 32.2. The van der Waals surface area contributed by atoms with Crippen molar-refractivity contribution in [1.29, 1.82) is 0 Å². The van der Waals surface area contributed by atoms with E-state index in [0.29, 0.717) is 16.9 Å². The van der Waals surface area contributed by atoms with Gasteiger partial charge < -0.3 is 19.5 Å². The molecule has 1 atom stereocenters. The second kappa shape index (κ2) is 9.13. The number of hydrogen-bond donors (Lipinski definition) is 3. The van der Waals surface area contributed by atoms with E-state index in [0.717, 1.165) is 27.5 Å². The molecular weight excluding hydrogens is 479 g/mol. The Morgan fingerprint density at radius 1 is 1.18 bits per heavy atom. The zero-order valence-electron chi connectivity index (χ0n) is 18.8. The summed E-state index contributed by atoms with van der Waals surface area (Å²) in [5.74, 6) is 0.456. The molecule has 0 aliphatic rings. The average Bonchev–Trinajstić information content (AvgIpc) is 3.17. The zero-order valence-corrected chi connectivity index (χ0v) is 20.6. The van der Waals surface area contributed by atoms with Gasteiger partial charge in [-0.25, -0.2) is 18.0 Å². The van der Waals surface area contributed by atoms with E-state index < -0.39 is 23.8 Å². The van der Waals surface area contributed by atoms with Crippen LogP contribution in [0.2, 0.25) is 0 Å². The number of ether oxygens (including phenoxy) is 1. The fraction of sp³-hybridized carbons (Fsp3) is 0.261. The van der Waals surface area contributed by atoms with Crippen molar-refractivity contribution in [1.82, 2.24) is 9.97 Å². The zero-order chi connectivity index (χ0) is 24.7. The lowest BCUT2D eigenvalue weighted by Crippen LogP contribution is -2.18. The quantitative estimate of drug-likeness (QED) is 0.301. The van der Waals surface area contributed by atoms with E-state index in [1.165, 1.54) is 0 Å². The molecule has 1 unspecified atom stereocenters. The molecule has 0 aliphatic carbocycles. The highest BCUT2D eigenvalue weighted by Crippen LogP contribution is 2.40. The van der Waals surface area contributed by atoms with Crippen LogP contribution in [0.3, 0.4) is 0 Å². The van der Waals surface area contributed by atoms with Crippen molar-refractivity contribution in [3.63, 3.8) is 0 Å². The first-order valence-electron chi connectivity index (χ1n) is 10.6. The molecule has 0 saturated carbocycles. The van der Waals surface area contributed by atoms with E-state index in [1.807, 2.05) is 25.1 Å². The monoisotopic (exact) mass is 504 g/mol.